The molecular formula is C16H20N2OS2. The van der Waals surface area contributed by atoms with Crippen molar-refractivity contribution in [2.45, 2.75) is 37.4 Å². The number of thiazole rings is 1. The fourth-order valence-electron chi connectivity index (χ4n) is 1.97. The van der Waals surface area contributed by atoms with Crippen LogP contribution in [0.2, 0.25) is 0 Å². The largest absolute Gasteiger partial charge is 0.325 e. The van der Waals surface area contributed by atoms with Gasteiger partial charge < -0.3 is 5.32 Å². The topological polar surface area (TPSA) is 42.0 Å². The standard InChI is InChI=1S/C16H20N2OS2/c1-4-11(2)13-7-5-6-8-14(13)18-15(19)10-21-16-17-12(3)9-20-16/h5-9,11H,4,10H2,1-3H3,(H,18,19)/t11-/m1/s1. The van der Waals surface area contributed by atoms with E-state index < -0.39 is 0 Å². The number of para-hydroxylation sites is 1. The Morgan fingerprint density at radius 2 is 2.19 bits per heavy atom. The first kappa shape index (κ1) is 16.0. The van der Waals surface area contributed by atoms with E-state index in [1.54, 1.807) is 11.3 Å². The maximum absolute atomic E-state index is 12.1. The average molecular weight is 320 g/mol. The van der Waals surface area contributed by atoms with Gasteiger partial charge in [-0.3, -0.25) is 4.79 Å². The molecule has 1 amide bonds. The van der Waals surface area contributed by atoms with Crippen molar-refractivity contribution in [2.75, 3.05) is 11.1 Å². The van der Waals surface area contributed by atoms with Crippen LogP contribution in [0.25, 0.3) is 0 Å². The molecule has 0 saturated carbocycles. The van der Waals surface area contributed by atoms with Crippen LogP contribution in [0.3, 0.4) is 0 Å². The molecule has 5 heteroatoms. The molecule has 0 aliphatic carbocycles. The van der Waals surface area contributed by atoms with E-state index in [4.69, 9.17) is 0 Å². The molecule has 0 aliphatic heterocycles. The molecule has 0 aliphatic rings. The lowest BCUT2D eigenvalue weighted by atomic mass is 9.97. The highest BCUT2D eigenvalue weighted by Gasteiger charge is 2.11. The van der Waals surface area contributed by atoms with Crippen LogP contribution < -0.4 is 5.32 Å². The van der Waals surface area contributed by atoms with E-state index in [-0.39, 0.29) is 5.91 Å². The Hall–Kier alpha value is -1.33. The number of aromatic nitrogens is 1. The highest BCUT2D eigenvalue weighted by Crippen LogP contribution is 2.27. The van der Waals surface area contributed by atoms with E-state index in [1.165, 1.54) is 17.3 Å². The summed E-state index contributed by atoms with van der Waals surface area (Å²) in [6.45, 7) is 6.30. The summed E-state index contributed by atoms with van der Waals surface area (Å²) < 4.78 is 0.942. The van der Waals surface area contributed by atoms with Crippen molar-refractivity contribution in [1.29, 1.82) is 0 Å². The van der Waals surface area contributed by atoms with Gasteiger partial charge in [0.15, 0.2) is 4.34 Å². The molecule has 1 heterocycles. The lowest BCUT2D eigenvalue weighted by molar-refractivity contribution is -0.113. The number of thioether (sulfide) groups is 1. The Balaban J connectivity index is 1.96. The van der Waals surface area contributed by atoms with Crippen LogP contribution >= 0.6 is 23.1 Å². The number of rotatable bonds is 6. The average Bonchev–Trinajstić information content (AvgIpc) is 2.90. The Labute approximate surface area is 134 Å². The smallest absolute Gasteiger partial charge is 0.234 e. The van der Waals surface area contributed by atoms with Gasteiger partial charge in [-0.25, -0.2) is 4.98 Å². The minimum atomic E-state index is 0.0172. The van der Waals surface area contributed by atoms with Gasteiger partial charge in [-0.05, 0) is 30.9 Å². The van der Waals surface area contributed by atoms with Crippen molar-refractivity contribution < 1.29 is 4.79 Å². The molecule has 2 aromatic rings. The first-order valence-electron chi connectivity index (χ1n) is 7.03. The molecule has 1 atom stereocenters. The SMILES string of the molecule is CC[C@@H](C)c1ccccc1NC(=O)CSc1nc(C)cs1. The summed E-state index contributed by atoms with van der Waals surface area (Å²) >= 11 is 3.07. The first-order chi connectivity index (χ1) is 10.1. The molecule has 21 heavy (non-hydrogen) atoms. The van der Waals surface area contributed by atoms with Gasteiger partial charge in [0.05, 0.1) is 5.75 Å². The highest BCUT2D eigenvalue weighted by atomic mass is 32.2. The first-order valence-corrected chi connectivity index (χ1v) is 8.90. The Kier molecular flexibility index (Phi) is 5.82. The molecular weight excluding hydrogens is 300 g/mol. The van der Waals surface area contributed by atoms with E-state index in [9.17, 15) is 4.79 Å². The molecule has 0 fully saturated rings. The number of nitrogens with one attached hydrogen (secondary N) is 1. The monoisotopic (exact) mass is 320 g/mol. The van der Waals surface area contributed by atoms with Crippen molar-refractivity contribution in [3.05, 3.63) is 40.9 Å². The predicted molar refractivity (Wildman–Crippen MR) is 91.4 cm³/mol. The van der Waals surface area contributed by atoms with Crippen LogP contribution in [0.4, 0.5) is 5.69 Å². The fraction of sp³-hybridized carbons (Fsp3) is 0.375. The van der Waals surface area contributed by atoms with Crippen molar-refractivity contribution in [3.8, 4) is 0 Å². The van der Waals surface area contributed by atoms with Gasteiger partial charge in [-0.2, -0.15) is 0 Å². The summed E-state index contributed by atoms with van der Waals surface area (Å²) in [6, 6.07) is 8.03. The number of aryl methyl sites for hydroxylation is 1. The lowest BCUT2D eigenvalue weighted by Gasteiger charge is -2.15. The summed E-state index contributed by atoms with van der Waals surface area (Å²) in [6.07, 6.45) is 1.06. The third-order valence-electron chi connectivity index (χ3n) is 3.30. The minimum absolute atomic E-state index is 0.0172. The second kappa shape index (κ2) is 7.61. The number of benzene rings is 1. The van der Waals surface area contributed by atoms with Gasteiger partial charge >= 0.3 is 0 Å². The van der Waals surface area contributed by atoms with E-state index >= 15 is 0 Å². The summed E-state index contributed by atoms with van der Waals surface area (Å²) in [7, 11) is 0. The van der Waals surface area contributed by atoms with Crippen LogP contribution in [0, 0.1) is 6.92 Å². The molecule has 1 aromatic heterocycles. The fourth-order valence-corrected chi connectivity index (χ4v) is 3.62. The minimum Gasteiger partial charge on any atom is -0.325 e. The van der Waals surface area contributed by atoms with Crippen molar-refractivity contribution in [3.63, 3.8) is 0 Å². The molecule has 1 N–H and O–H groups in total. The van der Waals surface area contributed by atoms with E-state index in [0.29, 0.717) is 11.7 Å². The second-order valence-corrected chi connectivity index (χ2v) is 7.07. The number of hydrogen-bond donors (Lipinski definition) is 1. The summed E-state index contributed by atoms with van der Waals surface area (Å²) in [4.78, 5) is 16.5. The zero-order valence-corrected chi connectivity index (χ0v) is 14.2. The molecule has 112 valence electrons. The molecule has 0 saturated heterocycles. The second-order valence-electron chi connectivity index (χ2n) is 4.99. The van der Waals surface area contributed by atoms with E-state index in [0.717, 1.165) is 22.1 Å². The normalized spacial score (nSPS) is 12.1. The van der Waals surface area contributed by atoms with Crippen molar-refractivity contribution >= 4 is 34.7 Å². The maximum Gasteiger partial charge on any atom is 0.234 e. The van der Waals surface area contributed by atoms with Gasteiger partial charge in [0, 0.05) is 16.8 Å². The zero-order chi connectivity index (χ0) is 15.2. The Morgan fingerprint density at radius 1 is 1.43 bits per heavy atom. The van der Waals surface area contributed by atoms with Gasteiger partial charge in [0.25, 0.3) is 0 Å². The highest BCUT2D eigenvalue weighted by molar-refractivity contribution is 8.01. The summed E-state index contributed by atoms with van der Waals surface area (Å²) in [5.74, 6) is 0.848. The van der Waals surface area contributed by atoms with Gasteiger partial charge in [0.2, 0.25) is 5.91 Å². The summed E-state index contributed by atoms with van der Waals surface area (Å²) in [5.41, 5.74) is 3.13. The van der Waals surface area contributed by atoms with Crippen LogP contribution in [0.15, 0.2) is 34.0 Å². The van der Waals surface area contributed by atoms with E-state index in [2.05, 4.69) is 30.2 Å². The molecule has 0 unspecified atom stereocenters. The van der Waals surface area contributed by atoms with Crippen LogP contribution in [0.5, 0.6) is 0 Å². The van der Waals surface area contributed by atoms with Crippen molar-refractivity contribution in [2.24, 2.45) is 0 Å². The molecule has 0 bridgehead atoms. The predicted octanol–water partition coefficient (Wildman–Crippen LogP) is 4.70. The number of carbonyl (C=O) groups is 1. The van der Waals surface area contributed by atoms with Crippen molar-refractivity contribution in [1.82, 2.24) is 4.98 Å². The number of anilines is 1. The number of carbonyl (C=O) groups excluding carboxylic acids is 1. The molecule has 0 spiro atoms. The third kappa shape index (κ3) is 4.58. The molecule has 0 radical (unpaired) electrons. The quantitative estimate of drug-likeness (QED) is 0.785. The van der Waals surface area contributed by atoms with Crippen LogP contribution in [-0.4, -0.2) is 16.6 Å². The summed E-state index contributed by atoms with van der Waals surface area (Å²) in [5, 5.41) is 5.02. The lowest BCUT2D eigenvalue weighted by Crippen LogP contribution is -2.15. The zero-order valence-electron chi connectivity index (χ0n) is 12.6. The number of amides is 1. The van der Waals surface area contributed by atoms with Gasteiger partial charge in [-0.1, -0.05) is 43.8 Å². The maximum atomic E-state index is 12.1. The van der Waals surface area contributed by atoms with Gasteiger partial charge in [-0.15, -0.1) is 11.3 Å². The number of nitrogens with zero attached hydrogens (tertiary/aromatic N) is 1. The van der Waals surface area contributed by atoms with E-state index in [1.807, 2.05) is 30.5 Å². The van der Waals surface area contributed by atoms with Crippen LogP contribution in [-0.2, 0) is 4.79 Å². The Morgan fingerprint density at radius 3 is 2.86 bits per heavy atom. The van der Waals surface area contributed by atoms with Gasteiger partial charge in [0.1, 0.15) is 0 Å². The third-order valence-corrected chi connectivity index (χ3v) is 5.44. The molecule has 3 nitrogen and oxygen atoms in total. The molecule has 1 aromatic carbocycles. The molecule has 2 rings (SSSR count). The number of hydrogen-bond acceptors (Lipinski definition) is 4. The Bertz CT molecular complexity index is 610. The van der Waals surface area contributed by atoms with Crippen LogP contribution in [0.1, 0.15) is 37.4 Å².